The van der Waals surface area contributed by atoms with Crippen molar-refractivity contribution in [2.45, 2.75) is 43.8 Å². The van der Waals surface area contributed by atoms with Crippen LogP contribution in [0.25, 0.3) is 11.8 Å². The van der Waals surface area contributed by atoms with Crippen LogP contribution >= 0.6 is 0 Å². The number of hydrogen-bond donors (Lipinski definition) is 2. The summed E-state index contributed by atoms with van der Waals surface area (Å²) in [7, 11) is 0. The van der Waals surface area contributed by atoms with E-state index in [0.717, 1.165) is 28.9 Å². The second-order valence-corrected chi connectivity index (χ2v) is 8.98. The van der Waals surface area contributed by atoms with Crippen molar-refractivity contribution in [2.24, 2.45) is 5.73 Å². The maximum atomic E-state index is 13.4. The number of hydrogen-bond acceptors (Lipinski definition) is 4. The zero-order valence-electron chi connectivity index (χ0n) is 18.4. The van der Waals surface area contributed by atoms with Gasteiger partial charge < -0.3 is 15.6 Å². The number of rotatable bonds is 6. The molecule has 33 heavy (non-hydrogen) atoms. The molecule has 0 spiro atoms. The van der Waals surface area contributed by atoms with E-state index in [0.29, 0.717) is 31.4 Å². The fourth-order valence-electron chi connectivity index (χ4n) is 4.99. The minimum Gasteiger partial charge on any atom is -0.376 e. The zero-order chi connectivity index (χ0) is 23.2. The summed E-state index contributed by atoms with van der Waals surface area (Å²) >= 11 is 0. The first kappa shape index (κ1) is 21.6. The van der Waals surface area contributed by atoms with Gasteiger partial charge in [-0.3, -0.25) is 4.79 Å². The largest absolute Gasteiger partial charge is 0.376 e. The van der Waals surface area contributed by atoms with Gasteiger partial charge in [-0.15, -0.1) is 0 Å². The number of nitrogens with zero attached hydrogens (tertiary/aromatic N) is 2. The number of carbonyl (C=O) groups is 1. The van der Waals surface area contributed by atoms with Gasteiger partial charge in [0.15, 0.2) is 5.60 Å². The molecule has 1 fully saturated rings. The van der Waals surface area contributed by atoms with Crippen molar-refractivity contribution in [1.29, 1.82) is 0 Å². The number of primary amides is 1. The van der Waals surface area contributed by atoms with E-state index in [1.165, 1.54) is 24.6 Å². The van der Waals surface area contributed by atoms with Crippen LogP contribution < -0.4 is 5.73 Å². The van der Waals surface area contributed by atoms with E-state index < -0.39 is 17.1 Å². The second kappa shape index (κ2) is 7.93. The molecule has 2 atom stereocenters. The highest BCUT2D eigenvalue weighted by atomic mass is 19.1. The third kappa shape index (κ3) is 3.67. The lowest BCUT2D eigenvalue weighted by Crippen LogP contribution is -2.39. The second-order valence-electron chi connectivity index (χ2n) is 8.98. The fourth-order valence-corrected chi connectivity index (χ4v) is 4.99. The summed E-state index contributed by atoms with van der Waals surface area (Å²) in [6, 6.07) is 13.7. The van der Waals surface area contributed by atoms with Crippen molar-refractivity contribution < 1.29 is 19.0 Å². The van der Waals surface area contributed by atoms with Crippen molar-refractivity contribution in [1.82, 2.24) is 9.78 Å². The number of aliphatic hydroxyl groups is 1. The average molecular weight is 448 g/mol. The number of amides is 1. The average Bonchev–Trinajstić information content (AvgIpc) is 3.40. The summed E-state index contributed by atoms with van der Waals surface area (Å²) in [6.45, 7) is 2.07. The molecule has 0 radical (unpaired) electrons. The number of ether oxygens (including phenoxy) is 1. The Morgan fingerprint density at radius 1 is 1.27 bits per heavy atom. The van der Waals surface area contributed by atoms with Crippen LogP contribution in [0.2, 0.25) is 0 Å². The number of benzene rings is 2. The number of fused-ring (bicyclic) bond motifs is 2. The molecule has 3 N–H and O–H groups in total. The van der Waals surface area contributed by atoms with Crippen molar-refractivity contribution >= 4 is 12.0 Å². The van der Waals surface area contributed by atoms with Crippen LogP contribution in [-0.4, -0.2) is 33.0 Å². The molecule has 2 aromatic carbocycles. The Kier molecular flexibility index (Phi) is 5.18. The van der Waals surface area contributed by atoms with Crippen molar-refractivity contribution in [3.63, 3.8) is 0 Å². The molecule has 5 rings (SSSR count). The lowest BCUT2D eigenvalue weighted by atomic mass is 9.77. The first-order valence-corrected chi connectivity index (χ1v) is 11.1. The Hall–Kier alpha value is -3.29. The molecule has 1 saturated heterocycles. The van der Waals surface area contributed by atoms with Crippen LogP contribution in [0, 0.1) is 5.82 Å². The van der Waals surface area contributed by atoms with E-state index >= 15 is 0 Å². The van der Waals surface area contributed by atoms with Gasteiger partial charge in [0.2, 0.25) is 0 Å². The molecule has 1 aromatic heterocycles. The van der Waals surface area contributed by atoms with Crippen LogP contribution in [0.1, 0.15) is 42.1 Å². The Morgan fingerprint density at radius 2 is 2.03 bits per heavy atom. The molecule has 7 heteroatoms. The van der Waals surface area contributed by atoms with Crippen molar-refractivity contribution in [3.8, 4) is 5.69 Å². The van der Waals surface area contributed by atoms with Crippen LogP contribution in [0.5, 0.6) is 0 Å². The normalized spacial score (nSPS) is 21.1. The van der Waals surface area contributed by atoms with E-state index in [-0.39, 0.29) is 5.82 Å². The standard InChI is InChI=1S/C26H26FN3O3/c1-25(32,24(28)31)22-5-3-2-4-17(22)10-12-26-15-18-16-29-30(21-8-6-20(27)7-9-21)23(18)14-19(26)11-13-33-26/h2-9,14,16,32H,10-13,15H2,1H3,(H2,28,31). The van der Waals surface area contributed by atoms with Crippen LogP contribution in [-0.2, 0) is 28.0 Å². The number of aryl methyl sites for hydroxylation is 1. The molecule has 170 valence electrons. The summed E-state index contributed by atoms with van der Waals surface area (Å²) < 4.78 is 21.5. The third-order valence-corrected chi connectivity index (χ3v) is 6.90. The maximum Gasteiger partial charge on any atom is 0.253 e. The monoisotopic (exact) mass is 447 g/mol. The molecule has 0 saturated carbocycles. The molecule has 6 nitrogen and oxygen atoms in total. The first-order valence-electron chi connectivity index (χ1n) is 11.1. The zero-order valence-corrected chi connectivity index (χ0v) is 18.4. The van der Waals surface area contributed by atoms with Crippen molar-refractivity contribution in [3.05, 3.63) is 88.5 Å². The van der Waals surface area contributed by atoms with E-state index in [4.69, 9.17) is 10.5 Å². The molecule has 1 amide bonds. The van der Waals surface area contributed by atoms with Gasteiger partial charge in [0.1, 0.15) is 5.82 Å². The molecule has 1 aliphatic heterocycles. The van der Waals surface area contributed by atoms with Crippen LogP contribution in [0.15, 0.2) is 60.3 Å². The lowest BCUT2D eigenvalue weighted by molar-refractivity contribution is -0.135. The maximum absolute atomic E-state index is 13.4. The summed E-state index contributed by atoms with van der Waals surface area (Å²) in [5.74, 6) is -1.06. The van der Waals surface area contributed by atoms with Gasteiger partial charge in [-0.25, -0.2) is 9.07 Å². The highest BCUT2D eigenvalue weighted by Crippen LogP contribution is 2.44. The summed E-state index contributed by atoms with van der Waals surface area (Å²) in [6.07, 6.45) is 6.83. The quantitative estimate of drug-likeness (QED) is 0.606. The van der Waals surface area contributed by atoms with Crippen LogP contribution in [0.3, 0.4) is 0 Å². The summed E-state index contributed by atoms with van der Waals surface area (Å²) in [4.78, 5) is 11.8. The molecular formula is C26H26FN3O3. The van der Waals surface area contributed by atoms with E-state index in [9.17, 15) is 14.3 Å². The summed E-state index contributed by atoms with van der Waals surface area (Å²) in [5.41, 5.74) is 8.75. The number of carbonyl (C=O) groups excluding carboxylic acids is 1. The molecule has 0 bridgehead atoms. The molecule has 3 aromatic rings. The van der Waals surface area contributed by atoms with Gasteiger partial charge in [-0.1, -0.05) is 24.3 Å². The van der Waals surface area contributed by atoms with Crippen molar-refractivity contribution in [2.75, 3.05) is 6.61 Å². The Bertz CT molecular complexity index is 1250. The molecule has 2 heterocycles. The molecule has 2 aliphatic rings. The van der Waals surface area contributed by atoms with Gasteiger partial charge in [-0.05, 0) is 73.2 Å². The molecule has 2 unspecified atom stereocenters. The predicted molar refractivity (Wildman–Crippen MR) is 122 cm³/mol. The van der Waals surface area contributed by atoms with E-state index in [1.54, 1.807) is 24.3 Å². The smallest absolute Gasteiger partial charge is 0.253 e. The Morgan fingerprint density at radius 3 is 2.79 bits per heavy atom. The highest BCUT2D eigenvalue weighted by Gasteiger charge is 2.43. The Balaban J connectivity index is 1.44. The predicted octanol–water partition coefficient (Wildman–Crippen LogP) is 3.44. The lowest BCUT2D eigenvalue weighted by Gasteiger charge is -2.34. The Labute approximate surface area is 191 Å². The van der Waals surface area contributed by atoms with Gasteiger partial charge in [0.25, 0.3) is 5.91 Å². The van der Waals surface area contributed by atoms with Crippen LogP contribution in [0.4, 0.5) is 4.39 Å². The SMILES string of the molecule is CC(O)(C(N)=O)c1ccccc1CCC12Cc3cnn(-c4ccc(F)cc4)c3C=C1CCO2. The number of nitrogens with two attached hydrogens (primary N) is 1. The molecular weight excluding hydrogens is 421 g/mol. The van der Waals surface area contributed by atoms with Gasteiger partial charge in [-0.2, -0.15) is 5.10 Å². The number of halogens is 1. The van der Waals surface area contributed by atoms with Gasteiger partial charge in [0, 0.05) is 12.0 Å². The minimum absolute atomic E-state index is 0.281. The topological polar surface area (TPSA) is 90.4 Å². The van der Waals surface area contributed by atoms with Gasteiger partial charge >= 0.3 is 0 Å². The fraction of sp³-hybridized carbons (Fsp3) is 0.308. The summed E-state index contributed by atoms with van der Waals surface area (Å²) in [5, 5.41) is 15.2. The first-order chi connectivity index (χ1) is 15.8. The van der Waals surface area contributed by atoms with E-state index in [1.807, 2.05) is 23.0 Å². The minimum atomic E-state index is -1.74. The van der Waals surface area contributed by atoms with Gasteiger partial charge in [0.05, 0.1) is 29.8 Å². The highest BCUT2D eigenvalue weighted by molar-refractivity contribution is 5.84. The number of aromatic nitrogens is 2. The van der Waals surface area contributed by atoms with E-state index in [2.05, 4.69) is 11.2 Å². The molecule has 1 aliphatic carbocycles. The third-order valence-electron chi connectivity index (χ3n) is 6.90.